The van der Waals surface area contributed by atoms with Crippen LogP contribution < -0.4 is 5.32 Å². The van der Waals surface area contributed by atoms with Crippen molar-refractivity contribution in [1.82, 2.24) is 5.32 Å². The molecule has 0 radical (unpaired) electrons. The smallest absolute Gasteiger partial charge is 0.00761 e. The Bertz CT molecular complexity index is 499. The molecule has 2 aromatic rings. The largest absolute Gasteiger partial charge is 0.317 e. The molecule has 2 aromatic carbocycles. The van der Waals surface area contributed by atoms with Gasteiger partial charge in [0.15, 0.2) is 0 Å². The first-order valence-corrected chi connectivity index (χ1v) is 6.53. The standard InChI is InChI=1S/C17H21N/c1-13-6-4-5-7-17(13)16-10-8-15(9-11-16)12-14(2)18-3/h4-11,14,18H,12H2,1-3H3/t14-/m1/s1. The number of nitrogens with one attached hydrogen (secondary N) is 1. The van der Waals surface area contributed by atoms with Gasteiger partial charge < -0.3 is 5.32 Å². The van der Waals surface area contributed by atoms with Crippen molar-refractivity contribution in [3.8, 4) is 11.1 Å². The molecule has 0 heterocycles. The van der Waals surface area contributed by atoms with Crippen LogP contribution in [-0.4, -0.2) is 13.1 Å². The lowest BCUT2D eigenvalue weighted by molar-refractivity contribution is 0.608. The minimum Gasteiger partial charge on any atom is -0.317 e. The molecule has 2 rings (SSSR count). The summed E-state index contributed by atoms with van der Waals surface area (Å²) < 4.78 is 0. The van der Waals surface area contributed by atoms with Crippen LogP contribution in [0.2, 0.25) is 0 Å². The predicted octanol–water partition coefficient (Wildman–Crippen LogP) is 3.81. The predicted molar refractivity (Wildman–Crippen MR) is 78.8 cm³/mol. The van der Waals surface area contributed by atoms with E-state index in [9.17, 15) is 0 Å². The minimum absolute atomic E-state index is 0.523. The summed E-state index contributed by atoms with van der Waals surface area (Å²) in [6.07, 6.45) is 1.07. The average Bonchev–Trinajstić information content (AvgIpc) is 2.40. The lowest BCUT2D eigenvalue weighted by atomic mass is 9.98. The topological polar surface area (TPSA) is 12.0 Å². The molecule has 0 spiro atoms. The maximum absolute atomic E-state index is 3.27. The Morgan fingerprint density at radius 1 is 1.00 bits per heavy atom. The van der Waals surface area contributed by atoms with Crippen LogP contribution in [-0.2, 0) is 6.42 Å². The lowest BCUT2D eigenvalue weighted by Gasteiger charge is -2.11. The molecule has 1 atom stereocenters. The molecule has 1 nitrogen and oxygen atoms in total. The minimum atomic E-state index is 0.523. The fourth-order valence-corrected chi connectivity index (χ4v) is 2.17. The van der Waals surface area contributed by atoms with Crippen molar-refractivity contribution in [2.24, 2.45) is 0 Å². The Morgan fingerprint density at radius 3 is 2.28 bits per heavy atom. The third-order valence-electron chi connectivity index (χ3n) is 3.44. The molecule has 0 bridgehead atoms. The molecule has 0 aliphatic rings. The van der Waals surface area contributed by atoms with E-state index in [1.165, 1.54) is 22.3 Å². The second-order valence-electron chi connectivity index (χ2n) is 4.91. The van der Waals surface area contributed by atoms with Crippen molar-refractivity contribution in [2.75, 3.05) is 7.05 Å². The summed E-state index contributed by atoms with van der Waals surface area (Å²) in [5.74, 6) is 0. The maximum Gasteiger partial charge on any atom is 0.00761 e. The Balaban J connectivity index is 2.20. The molecule has 1 N–H and O–H groups in total. The number of hydrogen-bond acceptors (Lipinski definition) is 1. The average molecular weight is 239 g/mol. The van der Waals surface area contributed by atoms with Gasteiger partial charge in [-0.05, 0) is 49.6 Å². The van der Waals surface area contributed by atoms with Crippen LogP contribution in [0.5, 0.6) is 0 Å². The summed E-state index contributed by atoms with van der Waals surface area (Å²) in [4.78, 5) is 0. The quantitative estimate of drug-likeness (QED) is 0.855. The zero-order valence-electron chi connectivity index (χ0n) is 11.4. The molecule has 0 saturated carbocycles. The first-order valence-electron chi connectivity index (χ1n) is 6.53. The molecular formula is C17H21N. The fraction of sp³-hybridized carbons (Fsp3) is 0.294. The zero-order chi connectivity index (χ0) is 13.0. The summed E-state index contributed by atoms with van der Waals surface area (Å²) >= 11 is 0. The van der Waals surface area contributed by atoms with E-state index >= 15 is 0 Å². The van der Waals surface area contributed by atoms with Crippen molar-refractivity contribution in [1.29, 1.82) is 0 Å². The van der Waals surface area contributed by atoms with Crippen molar-refractivity contribution < 1.29 is 0 Å². The summed E-state index contributed by atoms with van der Waals surface area (Å²) in [7, 11) is 2.01. The van der Waals surface area contributed by atoms with Crippen LogP contribution in [0.4, 0.5) is 0 Å². The van der Waals surface area contributed by atoms with Gasteiger partial charge in [0.25, 0.3) is 0 Å². The van der Waals surface area contributed by atoms with Gasteiger partial charge in [-0.25, -0.2) is 0 Å². The number of likely N-dealkylation sites (N-methyl/N-ethyl adjacent to an activating group) is 1. The summed E-state index contributed by atoms with van der Waals surface area (Å²) in [5.41, 5.74) is 5.34. The summed E-state index contributed by atoms with van der Waals surface area (Å²) in [5, 5.41) is 3.27. The summed E-state index contributed by atoms with van der Waals surface area (Å²) in [6.45, 7) is 4.36. The highest BCUT2D eigenvalue weighted by Gasteiger charge is 2.03. The van der Waals surface area contributed by atoms with Crippen molar-refractivity contribution >= 4 is 0 Å². The van der Waals surface area contributed by atoms with Crippen LogP contribution in [0.25, 0.3) is 11.1 Å². The van der Waals surface area contributed by atoms with E-state index in [4.69, 9.17) is 0 Å². The zero-order valence-corrected chi connectivity index (χ0v) is 11.4. The van der Waals surface area contributed by atoms with Crippen LogP contribution in [0.1, 0.15) is 18.1 Å². The van der Waals surface area contributed by atoms with Gasteiger partial charge >= 0.3 is 0 Å². The van der Waals surface area contributed by atoms with Crippen LogP contribution in [0.15, 0.2) is 48.5 Å². The van der Waals surface area contributed by atoms with Crippen molar-refractivity contribution in [2.45, 2.75) is 26.3 Å². The van der Waals surface area contributed by atoms with Gasteiger partial charge in [-0.15, -0.1) is 0 Å². The van der Waals surface area contributed by atoms with Crippen LogP contribution >= 0.6 is 0 Å². The lowest BCUT2D eigenvalue weighted by Crippen LogP contribution is -2.23. The molecule has 0 fully saturated rings. The van der Waals surface area contributed by atoms with Gasteiger partial charge in [0.05, 0.1) is 0 Å². The van der Waals surface area contributed by atoms with Crippen molar-refractivity contribution in [3.05, 3.63) is 59.7 Å². The Kier molecular flexibility index (Phi) is 4.16. The second-order valence-corrected chi connectivity index (χ2v) is 4.91. The second kappa shape index (κ2) is 5.83. The van der Waals surface area contributed by atoms with Gasteiger partial charge in [-0.1, -0.05) is 48.5 Å². The Hall–Kier alpha value is -1.60. The van der Waals surface area contributed by atoms with Crippen LogP contribution in [0, 0.1) is 6.92 Å². The molecule has 0 unspecified atom stereocenters. The van der Waals surface area contributed by atoms with Crippen molar-refractivity contribution in [3.63, 3.8) is 0 Å². The fourth-order valence-electron chi connectivity index (χ4n) is 2.17. The molecule has 0 amide bonds. The van der Waals surface area contributed by atoms with E-state index in [1.807, 2.05) is 7.05 Å². The molecule has 0 aliphatic carbocycles. The molecule has 18 heavy (non-hydrogen) atoms. The van der Waals surface area contributed by atoms with E-state index < -0.39 is 0 Å². The number of rotatable bonds is 4. The molecule has 0 aliphatic heterocycles. The third kappa shape index (κ3) is 2.99. The molecular weight excluding hydrogens is 218 g/mol. The highest BCUT2D eigenvalue weighted by atomic mass is 14.8. The third-order valence-corrected chi connectivity index (χ3v) is 3.44. The number of hydrogen-bond donors (Lipinski definition) is 1. The molecule has 0 saturated heterocycles. The first kappa shape index (κ1) is 12.8. The van der Waals surface area contributed by atoms with E-state index in [0.29, 0.717) is 6.04 Å². The SMILES string of the molecule is CN[C@H](C)Cc1ccc(-c2ccccc2C)cc1. The highest BCUT2D eigenvalue weighted by Crippen LogP contribution is 2.23. The van der Waals surface area contributed by atoms with E-state index in [1.54, 1.807) is 0 Å². The normalized spacial score (nSPS) is 12.4. The monoisotopic (exact) mass is 239 g/mol. The van der Waals surface area contributed by atoms with Gasteiger partial charge in [0, 0.05) is 6.04 Å². The van der Waals surface area contributed by atoms with Gasteiger partial charge in [-0.2, -0.15) is 0 Å². The Labute approximate surface area is 110 Å². The van der Waals surface area contributed by atoms with Gasteiger partial charge in [0.2, 0.25) is 0 Å². The number of benzene rings is 2. The van der Waals surface area contributed by atoms with Gasteiger partial charge in [0.1, 0.15) is 0 Å². The van der Waals surface area contributed by atoms with E-state index in [0.717, 1.165) is 6.42 Å². The first-order chi connectivity index (χ1) is 8.70. The molecule has 94 valence electrons. The number of aryl methyl sites for hydroxylation is 1. The van der Waals surface area contributed by atoms with E-state index in [-0.39, 0.29) is 0 Å². The summed E-state index contributed by atoms with van der Waals surface area (Å²) in [6, 6.07) is 18.0. The van der Waals surface area contributed by atoms with E-state index in [2.05, 4.69) is 67.7 Å². The maximum atomic E-state index is 3.27. The molecule has 1 heteroatoms. The highest BCUT2D eigenvalue weighted by molar-refractivity contribution is 5.67. The molecule has 0 aromatic heterocycles. The van der Waals surface area contributed by atoms with Gasteiger partial charge in [-0.3, -0.25) is 0 Å². The Morgan fingerprint density at radius 2 is 1.67 bits per heavy atom. The van der Waals surface area contributed by atoms with Crippen LogP contribution in [0.3, 0.4) is 0 Å².